The normalized spacial score (nSPS) is 23.8. The molecule has 0 bridgehead atoms. The molecule has 2 amide bonds. The van der Waals surface area contributed by atoms with Crippen molar-refractivity contribution in [2.45, 2.75) is 19.3 Å². The Labute approximate surface area is 155 Å². The maximum absolute atomic E-state index is 13.1. The number of carbonyl (C=O) groups excluding carboxylic acids is 2. The van der Waals surface area contributed by atoms with Crippen molar-refractivity contribution in [2.75, 3.05) is 51.8 Å². The molecule has 2 heterocycles. The highest BCUT2D eigenvalue weighted by Gasteiger charge is 2.31. The lowest BCUT2D eigenvalue weighted by molar-refractivity contribution is -0.117. The Kier molecular flexibility index (Phi) is 5.94. The van der Waals surface area contributed by atoms with Gasteiger partial charge in [0.25, 0.3) is 5.91 Å². The Morgan fingerprint density at radius 3 is 2.69 bits per heavy atom. The molecule has 2 aliphatic rings. The molecule has 3 rings (SSSR count). The van der Waals surface area contributed by atoms with Crippen LogP contribution in [-0.2, 0) is 4.79 Å². The van der Waals surface area contributed by atoms with E-state index in [9.17, 15) is 14.7 Å². The van der Waals surface area contributed by atoms with Gasteiger partial charge in [0.2, 0.25) is 5.91 Å². The molecule has 2 fully saturated rings. The van der Waals surface area contributed by atoms with E-state index in [0.29, 0.717) is 31.0 Å². The molecule has 6 nitrogen and oxygen atoms in total. The first-order chi connectivity index (χ1) is 12.5. The molecule has 2 atom stereocenters. The van der Waals surface area contributed by atoms with E-state index in [1.807, 2.05) is 43.3 Å². The fourth-order valence-electron chi connectivity index (χ4n) is 4.18. The van der Waals surface area contributed by atoms with Gasteiger partial charge in [0, 0.05) is 50.5 Å². The molecule has 0 spiro atoms. The Balaban J connectivity index is 1.76. The maximum atomic E-state index is 13.1. The lowest BCUT2D eigenvalue weighted by Crippen LogP contribution is -2.47. The summed E-state index contributed by atoms with van der Waals surface area (Å²) in [6.45, 7) is 3.03. The fourth-order valence-corrected chi connectivity index (χ4v) is 4.18. The Bertz CT molecular complexity index is 661. The van der Waals surface area contributed by atoms with Gasteiger partial charge in [0.1, 0.15) is 0 Å². The Hall–Kier alpha value is -1.92. The number of carbonyl (C=O) groups is 2. The summed E-state index contributed by atoms with van der Waals surface area (Å²) in [5, 5.41) is 9.63. The number of aliphatic hydroxyl groups is 1. The zero-order valence-electron chi connectivity index (χ0n) is 15.7. The largest absolute Gasteiger partial charge is 0.396 e. The lowest BCUT2D eigenvalue weighted by atomic mass is 9.89. The summed E-state index contributed by atoms with van der Waals surface area (Å²) < 4.78 is 0. The third-order valence-corrected chi connectivity index (χ3v) is 5.27. The first-order valence-corrected chi connectivity index (χ1v) is 9.43. The summed E-state index contributed by atoms with van der Waals surface area (Å²) in [5.74, 6) is 0.601. The average Bonchev–Trinajstić information content (AvgIpc) is 3.06. The van der Waals surface area contributed by atoms with Crippen molar-refractivity contribution >= 4 is 17.5 Å². The molecular formula is C20H29N3O3. The van der Waals surface area contributed by atoms with Crippen LogP contribution in [0, 0.1) is 11.8 Å². The third kappa shape index (κ3) is 4.24. The summed E-state index contributed by atoms with van der Waals surface area (Å²) in [6, 6.07) is 7.38. The number of anilines is 1. The minimum Gasteiger partial charge on any atom is -0.396 e. The van der Waals surface area contributed by atoms with Gasteiger partial charge in [-0.25, -0.2) is 0 Å². The highest BCUT2D eigenvalue weighted by molar-refractivity contribution is 5.99. The number of aliphatic hydroxyl groups excluding tert-OH is 1. The predicted molar refractivity (Wildman–Crippen MR) is 101 cm³/mol. The van der Waals surface area contributed by atoms with Gasteiger partial charge in [0.05, 0.1) is 0 Å². The van der Waals surface area contributed by atoms with Crippen LogP contribution in [0.25, 0.3) is 0 Å². The van der Waals surface area contributed by atoms with Crippen molar-refractivity contribution in [3.05, 3.63) is 29.8 Å². The standard InChI is InChI=1S/C20H29N3O3/c1-21(2)11-15-9-16(14-24)13-22(12-15)20(26)17-5-3-6-18(10-17)23-8-4-7-19(23)25/h3,5-6,10,15-16,24H,4,7-9,11-14H2,1-2H3/t15-,16-/m1/s1. The van der Waals surface area contributed by atoms with Crippen molar-refractivity contribution in [1.82, 2.24) is 9.80 Å². The number of likely N-dealkylation sites (tertiary alicyclic amines) is 1. The second-order valence-electron chi connectivity index (χ2n) is 7.82. The average molecular weight is 359 g/mol. The molecule has 6 heteroatoms. The molecule has 2 saturated heterocycles. The molecule has 1 aromatic rings. The van der Waals surface area contributed by atoms with Gasteiger partial charge in [-0.1, -0.05) is 6.07 Å². The summed E-state index contributed by atoms with van der Waals surface area (Å²) in [5.41, 5.74) is 1.42. The minimum atomic E-state index is -0.0135. The van der Waals surface area contributed by atoms with Crippen LogP contribution in [0.15, 0.2) is 24.3 Å². The monoisotopic (exact) mass is 359 g/mol. The van der Waals surface area contributed by atoms with E-state index >= 15 is 0 Å². The summed E-state index contributed by atoms with van der Waals surface area (Å²) in [7, 11) is 4.07. The molecule has 0 aliphatic carbocycles. The number of hydrogen-bond donors (Lipinski definition) is 1. The van der Waals surface area contributed by atoms with Crippen LogP contribution in [0.1, 0.15) is 29.6 Å². The van der Waals surface area contributed by atoms with E-state index in [1.165, 1.54) is 0 Å². The van der Waals surface area contributed by atoms with Crippen molar-refractivity contribution < 1.29 is 14.7 Å². The number of hydrogen-bond acceptors (Lipinski definition) is 4. The SMILES string of the molecule is CN(C)C[C@H]1C[C@@H](CO)CN(C(=O)c2cccc(N3CCCC3=O)c2)C1. The molecule has 1 aromatic carbocycles. The highest BCUT2D eigenvalue weighted by atomic mass is 16.3. The van der Waals surface area contributed by atoms with Crippen molar-refractivity contribution in [3.8, 4) is 0 Å². The zero-order chi connectivity index (χ0) is 18.7. The summed E-state index contributed by atoms with van der Waals surface area (Å²) >= 11 is 0. The first kappa shape index (κ1) is 18.9. The van der Waals surface area contributed by atoms with Crippen LogP contribution in [-0.4, -0.2) is 73.6 Å². The first-order valence-electron chi connectivity index (χ1n) is 9.43. The number of piperidine rings is 1. The van der Waals surface area contributed by atoms with Crippen LogP contribution in [0.2, 0.25) is 0 Å². The van der Waals surface area contributed by atoms with Crippen LogP contribution < -0.4 is 4.90 Å². The highest BCUT2D eigenvalue weighted by Crippen LogP contribution is 2.26. The van der Waals surface area contributed by atoms with Crippen LogP contribution in [0.3, 0.4) is 0 Å². The predicted octanol–water partition coefficient (Wildman–Crippen LogP) is 1.45. The molecule has 1 N–H and O–H groups in total. The number of benzene rings is 1. The van der Waals surface area contributed by atoms with E-state index in [4.69, 9.17) is 0 Å². The molecule has 0 aromatic heterocycles. The van der Waals surface area contributed by atoms with E-state index in [0.717, 1.165) is 31.6 Å². The number of nitrogens with zero attached hydrogens (tertiary/aromatic N) is 3. The van der Waals surface area contributed by atoms with Gasteiger partial charge >= 0.3 is 0 Å². The van der Waals surface area contributed by atoms with Gasteiger partial charge in [-0.05, 0) is 57.0 Å². The number of rotatable bonds is 5. The van der Waals surface area contributed by atoms with E-state index in [1.54, 1.807) is 4.90 Å². The van der Waals surface area contributed by atoms with Crippen LogP contribution in [0.4, 0.5) is 5.69 Å². The second-order valence-corrected chi connectivity index (χ2v) is 7.82. The molecule has 0 saturated carbocycles. The number of amides is 2. The topological polar surface area (TPSA) is 64.1 Å². The van der Waals surface area contributed by atoms with Gasteiger partial charge in [-0.3, -0.25) is 9.59 Å². The molecule has 26 heavy (non-hydrogen) atoms. The smallest absolute Gasteiger partial charge is 0.253 e. The maximum Gasteiger partial charge on any atom is 0.253 e. The Morgan fingerprint density at radius 2 is 2.04 bits per heavy atom. The van der Waals surface area contributed by atoms with Crippen LogP contribution >= 0.6 is 0 Å². The summed E-state index contributed by atoms with van der Waals surface area (Å²) in [6.07, 6.45) is 2.39. The third-order valence-electron chi connectivity index (χ3n) is 5.27. The lowest BCUT2D eigenvalue weighted by Gasteiger charge is -2.38. The molecular weight excluding hydrogens is 330 g/mol. The molecule has 0 radical (unpaired) electrons. The molecule has 0 unspecified atom stereocenters. The van der Waals surface area contributed by atoms with E-state index in [-0.39, 0.29) is 24.3 Å². The fraction of sp³-hybridized carbons (Fsp3) is 0.600. The van der Waals surface area contributed by atoms with Gasteiger partial charge in [-0.2, -0.15) is 0 Å². The Morgan fingerprint density at radius 1 is 1.27 bits per heavy atom. The molecule has 2 aliphatic heterocycles. The van der Waals surface area contributed by atoms with E-state index in [2.05, 4.69) is 4.90 Å². The van der Waals surface area contributed by atoms with E-state index < -0.39 is 0 Å². The van der Waals surface area contributed by atoms with Crippen LogP contribution in [0.5, 0.6) is 0 Å². The van der Waals surface area contributed by atoms with Crippen molar-refractivity contribution in [3.63, 3.8) is 0 Å². The van der Waals surface area contributed by atoms with Crippen molar-refractivity contribution in [2.24, 2.45) is 11.8 Å². The van der Waals surface area contributed by atoms with Gasteiger partial charge < -0.3 is 19.8 Å². The molecule has 142 valence electrons. The van der Waals surface area contributed by atoms with Crippen molar-refractivity contribution in [1.29, 1.82) is 0 Å². The quantitative estimate of drug-likeness (QED) is 0.864. The zero-order valence-corrected chi connectivity index (χ0v) is 15.7. The van der Waals surface area contributed by atoms with Gasteiger partial charge in [-0.15, -0.1) is 0 Å². The second kappa shape index (κ2) is 8.18. The summed E-state index contributed by atoms with van der Waals surface area (Å²) in [4.78, 5) is 30.8. The van der Waals surface area contributed by atoms with Gasteiger partial charge in [0.15, 0.2) is 0 Å². The minimum absolute atomic E-state index is 0.0135.